The van der Waals surface area contributed by atoms with E-state index in [0.29, 0.717) is 6.04 Å². The highest BCUT2D eigenvalue weighted by molar-refractivity contribution is 5.01. The molecule has 0 spiro atoms. The normalized spacial score (nSPS) is 13.2. The van der Waals surface area contributed by atoms with E-state index in [-0.39, 0.29) is 6.04 Å². The molecule has 0 fully saturated rings. The van der Waals surface area contributed by atoms with Crippen LogP contribution in [0.4, 0.5) is 0 Å². The predicted molar refractivity (Wildman–Crippen MR) is 70.0 cm³/mol. The van der Waals surface area contributed by atoms with Crippen molar-refractivity contribution >= 4 is 0 Å². The number of ether oxygens (including phenoxy) is 1. The van der Waals surface area contributed by atoms with Crippen molar-refractivity contribution in [1.29, 1.82) is 0 Å². The summed E-state index contributed by atoms with van der Waals surface area (Å²) in [5, 5.41) is 4.49. The summed E-state index contributed by atoms with van der Waals surface area (Å²) in [5.74, 6) is 0. The Labute approximate surface area is 104 Å². The van der Waals surface area contributed by atoms with Crippen LogP contribution < -0.4 is 5.73 Å². The summed E-state index contributed by atoms with van der Waals surface area (Å²) < 4.78 is 7.40. The van der Waals surface area contributed by atoms with Crippen LogP contribution in [0.25, 0.3) is 0 Å². The first-order valence-corrected chi connectivity index (χ1v) is 6.50. The fourth-order valence-corrected chi connectivity index (χ4v) is 1.63. The molecule has 0 aliphatic carbocycles. The summed E-state index contributed by atoms with van der Waals surface area (Å²) in [4.78, 5) is 0. The number of nitrogens with zero attached hydrogens (tertiary/aromatic N) is 2. The summed E-state index contributed by atoms with van der Waals surface area (Å²) in [5.41, 5.74) is 7.12. The lowest BCUT2D eigenvalue weighted by atomic mass is 10.1. The topological polar surface area (TPSA) is 53.1 Å². The van der Waals surface area contributed by atoms with E-state index in [1.165, 1.54) is 0 Å². The first-order chi connectivity index (χ1) is 8.13. The number of rotatable bonds is 8. The first kappa shape index (κ1) is 14.2. The van der Waals surface area contributed by atoms with Crippen LogP contribution in [0, 0.1) is 0 Å². The van der Waals surface area contributed by atoms with Crippen molar-refractivity contribution in [1.82, 2.24) is 9.78 Å². The Morgan fingerprint density at radius 2 is 2.18 bits per heavy atom. The molecule has 0 aliphatic rings. The van der Waals surface area contributed by atoms with E-state index in [2.05, 4.69) is 25.9 Å². The number of hydrogen-bond donors (Lipinski definition) is 1. The van der Waals surface area contributed by atoms with E-state index in [4.69, 9.17) is 10.5 Å². The molecule has 1 aromatic heterocycles. The SMILES string of the molecule is CCCOCCC(N)Cc1ccn(C(C)C)n1. The van der Waals surface area contributed by atoms with E-state index in [9.17, 15) is 0 Å². The molecule has 17 heavy (non-hydrogen) atoms. The summed E-state index contributed by atoms with van der Waals surface area (Å²) in [6.07, 6.45) is 4.80. The largest absolute Gasteiger partial charge is 0.381 e. The smallest absolute Gasteiger partial charge is 0.0640 e. The average molecular weight is 239 g/mol. The predicted octanol–water partition coefficient (Wildman–Crippen LogP) is 2.15. The van der Waals surface area contributed by atoms with Crippen molar-refractivity contribution < 1.29 is 4.74 Å². The minimum absolute atomic E-state index is 0.141. The minimum atomic E-state index is 0.141. The summed E-state index contributed by atoms with van der Waals surface area (Å²) in [6.45, 7) is 7.93. The first-order valence-electron chi connectivity index (χ1n) is 6.50. The maximum Gasteiger partial charge on any atom is 0.0640 e. The molecule has 0 bridgehead atoms. The van der Waals surface area contributed by atoms with Gasteiger partial charge in [-0.15, -0.1) is 0 Å². The van der Waals surface area contributed by atoms with Gasteiger partial charge in [-0.2, -0.15) is 5.10 Å². The van der Waals surface area contributed by atoms with Crippen molar-refractivity contribution in [3.8, 4) is 0 Å². The maximum absolute atomic E-state index is 6.04. The third-order valence-electron chi connectivity index (χ3n) is 2.65. The number of nitrogens with two attached hydrogens (primary N) is 1. The zero-order valence-electron chi connectivity index (χ0n) is 11.2. The van der Waals surface area contributed by atoms with E-state index < -0.39 is 0 Å². The van der Waals surface area contributed by atoms with Gasteiger partial charge in [0.15, 0.2) is 0 Å². The molecule has 1 heterocycles. The highest BCUT2D eigenvalue weighted by Gasteiger charge is 2.07. The van der Waals surface area contributed by atoms with Crippen molar-refractivity contribution in [3.63, 3.8) is 0 Å². The molecule has 0 aliphatic heterocycles. The Hall–Kier alpha value is -0.870. The second kappa shape index (κ2) is 7.45. The Balaban J connectivity index is 2.27. The van der Waals surface area contributed by atoms with Crippen LogP contribution in [0.3, 0.4) is 0 Å². The van der Waals surface area contributed by atoms with Crippen LogP contribution in [0.15, 0.2) is 12.3 Å². The third-order valence-corrected chi connectivity index (χ3v) is 2.65. The summed E-state index contributed by atoms with van der Waals surface area (Å²) >= 11 is 0. The molecule has 4 nitrogen and oxygen atoms in total. The van der Waals surface area contributed by atoms with Gasteiger partial charge in [0.2, 0.25) is 0 Å². The van der Waals surface area contributed by atoms with Gasteiger partial charge in [-0.1, -0.05) is 6.92 Å². The number of aromatic nitrogens is 2. The van der Waals surface area contributed by atoms with Crippen molar-refractivity contribution in [2.75, 3.05) is 13.2 Å². The van der Waals surface area contributed by atoms with Gasteiger partial charge in [0.25, 0.3) is 0 Å². The van der Waals surface area contributed by atoms with Crippen molar-refractivity contribution in [2.45, 2.75) is 52.1 Å². The van der Waals surface area contributed by atoms with Crippen LogP contribution in [0.5, 0.6) is 0 Å². The quantitative estimate of drug-likeness (QED) is 0.707. The van der Waals surface area contributed by atoms with Crippen LogP contribution >= 0.6 is 0 Å². The van der Waals surface area contributed by atoms with Crippen molar-refractivity contribution in [2.24, 2.45) is 5.73 Å². The summed E-state index contributed by atoms with van der Waals surface area (Å²) in [6, 6.07) is 2.60. The van der Waals surface area contributed by atoms with Gasteiger partial charge in [0.1, 0.15) is 0 Å². The Bertz CT molecular complexity index is 309. The highest BCUT2D eigenvalue weighted by atomic mass is 16.5. The van der Waals surface area contributed by atoms with Gasteiger partial charge in [0.05, 0.1) is 5.69 Å². The maximum atomic E-state index is 6.04. The number of hydrogen-bond acceptors (Lipinski definition) is 3. The lowest BCUT2D eigenvalue weighted by molar-refractivity contribution is 0.127. The second-order valence-corrected chi connectivity index (χ2v) is 4.75. The molecule has 98 valence electrons. The molecule has 0 radical (unpaired) electrons. The van der Waals surface area contributed by atoms with Crippen molar-refractivity contribution in [3.05, 3.63) is 18.0 Å². The standard InChI is InChI=1S/C13H25N3O/c1-4-8-17-9-6-12(14)10-13-5-7-16(15-13)11(2)3/h5,7,11-12H,4,6,8-10,14H2,1-3H3. The highest BCUT2D eigenvalue weighted by Crippen LogP contribution is 2.06. The average Bonchev–Trinajstić information content (AvgIpc) is 2.73. The zero-order chi connectivity index (χ0) is 12.7. The Morgan fingerprint density at radius 3 is 2.76 bits per heavy atom. The van der Waals surface area contributed by atoms with Gasteiger partial charge in [-0.05, 0) is 32.8 Å². The monoisotopic (exact) mass is 239 g/mol. The van der Waals surface area contributed by atoms with E-state index in [0.717, 1.165) is 38.2 Å². The molecule has 1 aromatic rings. The molecule has 2 N–H and O–H groups in total. The van der Waals surface area contributed by atoms with Crippen LogP contribution in [-0.2, 0) is 11.2 Å². The van der Waals surface area contributed by atoms with E-state index in [1.807, 2.05) is 16.9 Å². The molecule has 1 atom stereocenters. The van der Waals surface area contributed by atoms with Gasteiger partial charge in [-0.25, -0.2) is 0 Å². The fourth-order valence-electron chi connectivity index (χ4n) is 1.63. The molecular formula is C13H25N3O. The second-order valence-electron chi connectivity index (χ2n) is 4.75. The Morgan fingerprint density at radius 1 is 1.41 bits per heavy atom. The molecule has 0 aromatic carbocycles. The van der Waals surface area contributed by atoms with Gasteiger partial charge < -0.3 is 10.5 Å². The molecule has 1 unspecified atom stereocenters. The van der Waals surface area contributed by atoms with E-state index in [1.54, 1.807) is 0 Å². The molecule has 1 rings (SSSR count). The Kier molecular flexibility index (Phi) is 6.22. The summed E-state index contributed by atoms with van der Waals surface area (Å²) in [7, 11) is 0. The lowest BCUT2D eigenvalue weighted by Crippen LogP contribution is -2.25. The van der Waals surface area contributed by atoms with Gasteiger partial charge in [-0.3, -0.25) is 4.68 Å². The third kappa shape index (κ3) is 5.33. The molecule has 0 saturated carbocycles. The lowest BCUT2D eigenvalue weighted by Gasteiger charge is -2.10. The zero-order valence-corrected chi connectivity index (χ0v) is 11.2. The molecule has 0 saturated heterocycles. The minimum Gasteiger partial charge on any atom is -0.381 e. The van der Waals surface area contributed by atoms with Crippen LogP contribution in [-0.4, -0.2) is 29.0 Å². The molecular weight excluding hydrogens is 214 g/mol. The van der Waals surface area contributed by atoms with Crippen LogP contribution in [0.1, 0.15) is 45.3 Å². The molecule has 0 amide bonds. The van der Waals surface area contributed by atoms with Gasteiger partial charge in [0, 0.05) is 37.9 Å². The van der Waals surface area contributed by atoms with E-state index >= 15 is 0 Å². The van der Waals surface area contributed by atoms with Gasteiger partial charge >= 0.3 is 0 Å². The van der Waals surface area contributed by atoms with Crippen LogP contribution in [0.2, 0.25) is 0 Å². The fraction of sp³-hybridized carbons (Fsp3) is 0.769. The molecule has 4 heteroatoms.